The lowest BCUT2D eigenvalue weighted by molar-refractivity contribution is -0.151. The number of hydrogen-bond acceptors (Lipinski definition) is 10. The Morgan fingerprint density at radius 1 is 0.717 bits per heavy atom. The average molecular weight is 825 g/mol. The van der Waals surface area contributed by atoms with Crippen molar-refractivity contribution >= 4 is 24.0 Å². The lowest BCUT2D eigenvalue weighted by atomic mass is 9.80. The van der Waals surface area contributed by atoms with Crippen LogP contribution in [0.1, 0.15) is 105 Å². The standard InChI is InChI=1S/C44H60N10O6/c1-12-43(41(6)18-19-41,59-38(57)53(8)9)36(55)49-26-33-47-25-32(50-33)31-24-45-29(22-46-31)27-14-16-28(17-15-27)30-23-48-35(51-30)34(40(3,4)5)52-37(56)44(13-2,42(7)20-21-42)60-39(58)54(10)11/h14-17,22-25,34H,12-13,18-21,26H2,1-11H3,(H,47,50)(H,48,51)(H,49,55)(H,52,56). The molecule has 2 aliphatic rings. The molecule has 2 saturated carbocycles. The van der Waals surface area contributed by atoms with Gasteiger partial charge in [0.05, 0.1) is 36.4 Å². The van der Waals surface area contributed by atoms with Crippen molar-refractivity contribution in [2.45, 2.75) is 111 Å². The highest BCUT2D eigenvalue weighted by Gasteiger charge is 2.64. The van der Waals surface area contributed by atoms with Gasteiger partial charge in [-0.25, -0.2) is 19.6 Å². The van der Waals surface area contributed by atoms with Crippen LogP contribution in [0.4, 0.5) is 9.59 Å². The van der Waals surface area contributed by atoms with Crippen molar-refractivity contribution in [3.05, 3.63) is 60.7 Å². The number of amides is 4. The number of hydrogen-bond donors (Lipinski definition) is 4. The van der Waals surface area contributed by atoms with Gasteiger partial charge >= 0.3 is 12.2 Å². The van der Waals surface area contributed by atoms with Crippen molar-refractivity contribution in [1.29, 1.82) is 0 Å². The number of imidazole rings is 2. The Balaban J connectivity index is 1.11. The van der Waals surface area contributed by atoms with Gasteiger partial charge in [-0.05, 0) is 43.9 Å². The van der Waals surface area contributed by atoms with Gasteiger partial charge in [0.2, 0.25) is 0 Å². The molecule has 0 aliphatic heterocycles. The normalized spacial score (nSPS) is 17.6. The molecule has 0 bridgehead atoms. The number of benzene rings is 1. The molecule has 3 unspecified atom stereocenters. The monoisotopic (exact) mass is 824 g/mol. The molecule has 3 atom stereocenters. The number of carbonyl (C=O) groups excluding carboxylic acids is 4. The molecule has 0 radical (unpaired) electrons. The van der Waals surface area contributed by atoms with Crippen molar-refractivity contribution in [3.63, 3.8) is 0 Å². The van der Waals surface area contributed by atoms with E-state index in [4.69, 9.17) is 14.5 Å². The van der Waals surface area contributed by atoms with Crippen LogP contribution in [0.2, 0.25) is 0 Å². The van der Waals surface area contributed by atoms with Crippen molar-refractivity contribution < 1.29 is 28.7 Å². The van der Waals surface area contributed by atoms with Crippen LogP contribution >= 0.6 is 0 Å². The molecule has 16 nitrogen and oxygen atoms in total. The molecule has 0 saturated heterocycles. The molecular formula is C44H60N10O6. The Kier molecular flexibility index (Phi) is 11.9. The molecular weight excluding hydrogens is 765 g/mol. The van der Waals surface area contributed by atoms with Gasteiger partial charge < -0.3 is 39.9 Å². The fourth-order valence-corrected chi connectivity index (χ4v) is 7.76. The molecule has 2 aliphatic carbocycles. The first kappa shape index (κ1) is 43.8. The number of nitrogens with zero attached hydrogens (tertiary/aromatic N) is 6. The highest BCUT2D eigenvalue weighted by atomic mass is 16.6. The minimum absolute atomic E-state index is 0.115. The molecule has 6 rings (SSSR count). The van der Waals surface area contributed by atoms with Crippen LogP contribution in [0.5, 0.6) is 0 Å². The molecule has 60 heavy (non-hydrogen) atoms. The molecule has 4 aromatic rings. The summed E-state index contributed by atoms with van der Waals surface area (Å²) in [4.78, 5) is 81.0. The predicted octanol–water partition coefficient (Wildman–Crippen LogP) is 7.04. The van der Waals surface area contributed by atoms with Crippen LogP contribution in [0, 0.1) is 16.2 Å². The predicted molar refractivity (Wildman–Crippen MR) is 226 cm³/mol. The first-order valence-electron chi connectivity index (χ1n) is 20.6. The van der Waals surface area contributed by atoms with Gasteiger partial charge in [-0.3, -0.25) is 19.6 Å². The van der Waals surface area contributed by atoms with E-state index >= 15 is 0 Å². The zero-order valence-electron chi connectivity index (χ0n) is 36.8. The van der Waals surface area contributed by atoms with Crippen LogP contribution < -0.4 is 10.6 Å². The van der Waals surface area contributed by atoms with E-state index in [9.17, 15) is 19.2 Å². The zero-order valence-corrected chi connectivity index (χ0v) is 36.8. The van der Waals surface area contributed by atoms with E-state index in [1.165, 1.54) is 9.80 Å². The Labute approximate surface area is 352 Å². The summed E-state index contributed by atoms with van der Waals surface area (Å²) in [6, 6.07) is 7.31. The van der Waals surface area contributed by atoms with Crippen LogP contribution in [-0.4, -0.2) is 103 Å². The third-order valence-corrected chi connectivity index (χ3v) is 12.4. The molecule has 16 heteroatoms. The van der Waals surface area contributed by atoms with Crippen molar-refractivity contribution in [2.24, 2.45) is 16.2 Å². The maximum atomic E-state index is 14.2. The minimum atomic E-state index is -1.31. The fourth-order valence-electron chi connectivity index (χ4n) is 7.76. The quantitative estimate of drug-likeness (QED) is 0.0964. The smallest absolute Gasteiger partial charge is 0.410 e. The van der Waals surface area contributed by atoms with Crippen molar-refractivity contribution in [2.75, 3.05) is 28.2 Å². The first-order chi connectivity index (χ1) is 28.2. The summed E-state index contributed by atoms with van der Waals surface area (Å²) in [5, 5.41) is 6.15. The molecule has 1 aromatic carbocycles. The van der Waals surface area contributed by atoms with Crippen LogP contribution in [0.15, 0.2) is 49.1 Å². The minimum Gasteiger partial charge on any atom is -0.432 e. The number of H-pyrrole nitrogens is 2. The maximum Gasteiger partial charge on any atom is 0.410 e. The largest absolute Gasteiger partial charge is 0.432 e. The molecule has 0 spiro atoms. The molecule has 4 amide bonds. The second-order valence-corrected chi connectivity index (χ2v) is 18.2. The van der Waals surface area contributed by atoms with E-state index < -0.39 is 45.7 Å². The third-order valence-electron chi connectivity index (χ3n) is 12.4. The summed E-state index contributed by atoms with van der Waals surface area (Å²) >= 11 is 0. The van der Waals surface area contributed by atoms with Gasteiger partial charge in [0, 0.05) is 62.5 Å². The number of aromatic amines is 2. The van der Waals surface area contributed by atoms with Crippen LogP contribution in [0.3, 0.4) is 0 Å². The van der Waals surface area contributed by atoms with Gasteiger partial charge in [0.15, 0.2) is 11.2 Å². The highest BCUT2D eigenvalue weighted by molar-refractivity contribution is 5.90. The highest BCUT2D eigenvalue weighted by Crippen LogP contribution is 2.58. The van der Waals surface area contributed by atoms with E-state index in [-0.39, 0.29) is 18.4 Å². The summed E-state index contributed by atoms with van der Waals surface area (Å²) in [7, 11) is 6.42. The van der Waals surface area contributed by atoms with Gasteiger partial charge in [0.1, 0.15) is 23.0 Å². The second kappa shape index (κ2) is 16.3. The van der Waals surface area contributed by atoms with E-state index in [0.717, 1.165) is 36.8 Å². The number of rotatable bonds is 15. The summed E-state index contributed by atoms with van der Waals surface area (Å²) in [5.41, 5.74) is 0.331. The number of nitrogens with one attached hydrogen (secondary N) is 4. The Hall–Kier alpha value is -5.80. The lowest BCUT2D eigenvalue weighted by Gasteiger charge is -2.40. The Bertz CT molecular complexity index is 2200. The van der Waals surface area contributed by atoms with Crippen molar-refractivity contribution in [3.8, 4) is 33.9 Å². The molecule has 3 aromatic heterocycles. The van der Waals surface area contributed by atoms with E-state index in [1.807, 2.05) is 78.9 Å². The third kappa shape index (κ3) is 8.46. The maximum absolute atomic E-state index is 14.2. The van der Waals surface area contributed by atoms with E-state index in [1.54, 1.807) is 46.8 Å². The molecule has 322 valence electrons. The average Bonchev–Trinajstić information content (AvgIpc) is 4.01. The Morgan fingerprint density at radius 2 is 1.20 bits per heavy atom. The SMILES string of the molecule is CCC(OC(=O)N(C)C)(C(=O)NCc1nc(-c2cnc(-c3ccc(-c4c[nH]c(C(NC(=O)C(CC)(OC(=O)N(C)C)C5(C)CC5)C(C)(C)C)n4)cc3)cn2)c[nH]1)C1(C)CC1. The Morgan fingerprint density at radius 3 is 1.67 bits per heavy atom. The summed E-state index contributed by atoms with van der Waals surface area (Å²) < 4.78 is 11.8. The molecule has 2 fully saturated rings. The number of aromatic nitrogens is 6. The molecule has 4 N–H and O–H groups in total. The van der Waals surface area contributed by atoms with Gasteiger partial charge in [-0.15, -0.1) is 0 Å². The molecule has 3 heterocycles. The number of carbonyl (C=O) groups is 4. The second-order valence-electron chi connectivity index (χ2n) is 18.2. The van der Waals surface area contributed by atoms with Gasteiger partial charge in [-0.2, -0.15) is 0 Å². The lowest BCUT2D eigenvalue weighted by Crippen LogP contribution is -2.57. The first-order valence-corrected chi connectivity index (χ1v) is 20.6. The van der Waals surface area contributed by atoms with Crippen molar-refractivity contribution in [1.82, 2.24) is 50.3 Å². The van der Waals surface area contributed by atoms with Gasteiger partial charge in [0.25, 0.3) is 11.8 Å². The van der Waals surface area contributed by atoms with Crippen LogP contribution in [-0.2, 0) is 25.6 Å². The summed E-state index contributed by atoms with van der Waals surface area (Å²) in [5.74, 6) is 0.447. The van der Waals surface area contributed by atoms with E-state index in [0.29, 0.717) is 47.3 Å². The summed E-state index contributed by atoms with van der Waals surface area (Å²) in [6.45, 7) is 13.9. The van der Waals surface area contributed by atoms with Gasteiger partial charge in [-0.1, -0.05) is 72.7 Å². The van der Waals surface area contributed by atoms with Crippen LogP contribution in [0.25, 0.3) is 33.9 Å². The van der Waals surface area contributed by atoms with E-state index in [2.05, 4.69) is 35.6 Å². The zero-order chi connectivity index (χ0) is 43.8. The topological polar surface area (TPSA) is 200 Å². The fraction of sp³-hybridized carbons (Fsp3) is 0.545. The summed E-state index contributed by atoms with van der Waals surface area (Å²) in [6.07, 6.45) is 9.64. The number of ether oxygens (including phenoxy) is 2.